The molecule has 0 atom stereocenters. The molecule has 2 aromatic heterocycles. The van der Waals surface area contributed by atoms with Crippen molar-refractivity contribution < 1.29 is 9.34 Å². The molecule has 0 spiro atoms. The molecule has 6 nitrogen and oxygen atoms in total. The zero-order chi connectivity index (χ0) is 13.2. The Morgan fingerprint density at radius 2 is 1.95 bits per heavy atom. The fourth-order valence-corrected chi connectivity index (χ4v) is 2.67. The third-order valence-electron chi connectivity index (χ3n) is 2.58. The maximum absolute atomic E-state index is 11.0. The molecule has 3 rings (SSSR count). The van der Waals surface area contributed by atoms with Gasteiger partial charge in [-0.3, -0.25) is 0 Å². The summed E-state index contributed by atoms with van der Waals surface area (Å²) in [5.41, 5.74) is 1.17. The minimum atomic E-state index is -0.421. The van der Waals surface area contributed by atoms with Gasteiger partial charge in [-0.1, -0.05) is 0 Å². The molecular weight excluding hydrogens is 313 g/mol. The van der Waals surface area contributed by atoms with E-state index >= 15 is 0 Å². The number of hydrogen-bond acceptors (Lipinski definition) is 5. The summed E-state index contributed by atoms with van der Waals surface area (Å²) in [5.74, 6) is 1.04. The van der Waals surface area contributed by atoms with Gasteiger partial charge >= 0.3 is 113 Å². The number of nitro groups is 1. The van der Waals surface area contributed by atoms with Crippen LogP contribution >= 0.6 is 0 Å². The van der Waals surface area contributed by atoms with Crippen molar-refractivity contribution in [2.24, 2.45) is 0 Å². The molecule has 19 heavy (non-hydrogen) atoms. The van der Waals surface area contributed by atoms with Crippen molar-refractivity contribution in [2.75, 3.05) is 0 Å². The average molecular weight is 320 g/mol. The number of para-hydroxylation sites is 1. The van der Waals surface area contributed by atoms with Gasteiger partial charge in [-0.15, -0.1) is 0 Å². The number of furan rings is 1. The van der Waals surface area contributed by atoms with E-state index < -0.39 is 4.92 Å². The van der Waals surface area contributed by atoms with Gasteiger partial charge in [-0.05, 0) is 0 Å². The molecule has 0 saturated heterocycles. The second kappa shape index (κ2) is 4.79. The molecule has 1 aromatic carbocycles. The van der Waals surface area contributed by atoms with Gasteiger partial charge in [0, 0.05) is 0 Å². The van der Waals surface area contributed by atoms with Crippen LogP contribution in [0.1, 0.15) is 0 Å². The van der Waals surface area contributed by atoms with Crippen LogP contribution in [0, 0.1) is 10.1 Å². The van der Waals surface area contributed by atoms with Gasteiger partial charge in [0.2, 0.25) is 0 Å². The monoisotopic (exact) mass is 321 g/mol. The summed E-state index contributed by atoms with van der Waals surface area (Å²) in [4.78, 5) is 12.5. The van der Waals surface area contributed by atoms with Crippen LogP contribution in [0.3, 0.4) is 0 Å². The molecule has 0 N–H and O–H groups in total. The minimum absolute atomic E-state index is 0.0228. The van der Waals surface area contributed by atoms with Crippen molar-refractivity contribution in [3.63, 3.8) is 0 Å². The number of nitrogens with zero attached hydrogens (tertiary/aromatic N) is 3. The van der Waals surface area contributed by atoms with Gasteiger partial charge in [0.1, 0.15) is 0 Å². The summed E-state index contributed by atoms with van der Waals surface area (Å²) >= 11 is 0.0288. The average Bonchev–Trinajstić information content (AvgIpc) is 3.09. The van der Waals surface area contributed by atoms with E-state index in [9.17, 15) is 10.1 Å². The molecular formula is C12H7N3O3Se. The molecule has 0 aliphatic heterocycles. The topological polar surface area (TPSA) is 82.1 Å². The Morgan fingerprint density at radius 3 is 2.68 bits per heavy atom. The number of aromatic nitrogens is 2. The molecule has 0 unspecified atom stereocenters. The van der Waals surface area contributed by atoms with Crippen LogP contribution in [0.5, 0.6) is 0 Å². The van der Waals surface area contributed by atoms with Crippen molar-refractivity contribution in [3.05, 3.63) is 51.5 Å². The summed E-state index contributed by atoms with van der Waals surface area (Å²) in [6.07, 6.45) is 0. The van der Waals surface area contributed by atoms with Crippen molar-refractivity contribution in [1.82, 2.24) is 9.19 Å². The first-order valence-electron chi connectivity index (χ1n) is 5.37. The number of rotatable bonds is 3. The predicted octanol–water partition coefficient (Wildman–Crippen LogP) is 2.37. The predicted molar refractivity (Wildman–Crippen MR) is 68.8 cm³/mol. The van der Waals surface area contributed by atoms with Crippen LogP contribution < -0.4 is 0 Å². The van der Waals surface area contributed by atoms with E-state index in [1.807, 2.05) is 4.94 Å². The van der Waals surface area contributed by atoms with Crippen LogP contribution in [0.2, 0.25) is 0 Å². The Balaban J connectivity index is 2.06. The van der Waals surface area contributed by atoms with E-state index in [2.05, 4.69) is 9.19 Å². The molecule has 0 bridgehead atoms. The van der Waals surface area contributed by atoms with Crippen molar-refractivity contribution in [2.45, 2.75) is 0 Å². The second-order valence-corrected chi connectivity index (χ2v) is 5.01. The first-order chi connectivity index (χ1) is 9.25. The Morgan fingerprint density at radius 1 is 1.16 bits per heavy atom. The van der Waals surface area contributed by atoms with Crippen LogP contribution in [-0.2, 0) is 0 Å². The molecule has 3 aromatic rings. The normalized spacial score (nSPS) is 10.5. The Bertz CT molecular complexity index is 721. The fourth-order valence-electron chi connectivity index (χ4n) is 1.73. The first-order valence-corrected chi connectivity index (χ1v) is 7.12. The van der Waals surface area contributed by atoms with Crippen LogP contribution in [-0.4, -0.2) is 28.8 Å². The van der Waals surface area contributed by atoms with E-state index in [0.29, 0.717) is 22.8 Å². The molecule has 0 amide bonds. The van der Waals surface area contributed by atoms with Gasteiger partial charge in [-0.25, -0.2) is 0 Å². The van der Waals surface area contributed by atoms with Crippen molar-refractivity contribution >= 4 is 20.4 Å². The molecule has 0 aliphatic carbocycles. The maximum atomic E-state index is 11.0. The van der Waals surface area contributed by atoms with Gasteiger partial charge in [0.15, 0.2) is 0 Å². The van der Waals surface area contributed by atoms with E-state index in [0.717, 1.165) is 0 Å². The SMILES string of the molecule is O=[N+]([O-])c1ccccc1-c1ccc(-c2c[se]nn2)o1. The molecule has 0 radical (unpaired) electrons. The standard InChI is InChI=1S/C12H7N3O3Se/c16-15(17)10-4-2-1-3-8(10)11-5-6-12(18-11)9-7-19-14-13-9/h1-7H. The summed E-state index contributed by atoms with van der Waals surface area (Å²) < 4.78 is 9.52. The van der Waals surface area contributed by atoms with Crippen molar-refractivity contribution in [1.29, 1.82) is 0 Å². The molecule has 0 fully saturated rings. The number of nitro benzene ring substituents is 1. The molecule has 2 heterocycles. The van der Waals surface area contributed by atoms with Gasteiger partial charge in [0.25, 0.3) is 0 Å². The summed E-state index contributed by atoms with van der Waals surface area (Å²) in [7, 11) is 0. The zero-order valence-electron chi connectivity index (χ0n) is 9.52. The summed E-state index contributed by atoms with van der Waals surface area (Å²) in [6, 6.07) is 9.94. The van der Waals surface area contributed by atoms with E-state index in [4.69, 9.17) is 4.42 Å². The van der Waals surface area contributed by atoms with Crippen LogP contribution in [0.4, 0.5) is 5.69 Å². The summed E-state index contributed by atoms with van der Waals surface area (Å²) in [6.45, 7) is 0. The van der Waals surface area contributed by atoms with Gasteiger partial charge < -0.3 is 0 Å². The van der Waals surface area contributed by atoms with Crippen LogP contribution in [0.25, 0.3) is 22.8 Å². The molecule has 0 aliphatic rings. The Kier molecular flexibility index (Phi) is 2.98. The molecule has 94 valence electrons. The van der Waals surface area contributed by atoms with E-state index in [-0.39, 0.29) is 20.4 Å². The van der Waals surface area contributed by atoms with Crippen LogP contribution in [0.15, 0.2) is 45.8 Å². The Labute approximate surface area is 113 Å². The number of hydrogen-bond donors (Lipinski definition) is 0. The third kappa shape index (κ3) is 2.21. The molecule has 0 saturated carbocycles. The van der Waals surface area contributed by atoms with Gasteiger partial charge in [-0.2, -0.15) is 0 Å². The first kappa shape index (κ1) is 11.8. The zero-order valence-corrected chi connectivity index (χ0v) is 11.2. The second-order valence-electron chi connectivity index (χ2n) is 3.73. The molecule has 7 heteroatoms. The third-order valence-corrected chi connectivity index (χ3v) is 3.64. The number of benzene rings is 1. The quantitative estimate of drug-likeness (QED) is 0.420. The Hall–Kier alpha value is -2.24. The summed E-state index contributed by atoms with van der Waals surface area (Å²) in [5, 5.41) is 14.9. The van der Waals surface area contributed by atoms with E-state index in [1.165, 1.54) is 6.07 Å². The van der Waals surface area contributed by atoms with Crippen molar-refractivity contribution in [3.8, 4) is 22.8 Å². The van der Waals surface area contributed by atoms with Gasteiger partial charge in [0.05, 0.1) is 0 Å². The van der Waals surface area contributed by atoms with E-state index in [1.54, 1.807) is 30.3 Å². The fraction of sp³-hybridized carbons (Fsp3) is 0.